The van der Waals surface area contributed by atoms with E-state index in [9.17, 15) is 21.6 Å². The van der Waals surface area contributed by atoms with Crippen molar-refractivity contribution in [2.45, 2.75) is 11.3 Å². The predicted molar refractivity (Wildman–Crippen MR) is 53.3 cm³/mol. The fourth-order valence-corrected chi connectivity index (χ4v) is 2.15. The van der Waals surface area contributed by atoms with Gasteiger partial charge < -0.3 is 4.84 Å². The standard InChI is InChI=1S/C9H10F3NO3S/c1-17(14,15)9-6(10)4-5(2-3-16-13)7(11)8(9)12/h4H,2-3,13H2,1H3. The smallest absolute Gasteiger partial charge is 0.181 e. The maximum Gasteiger partial charge on any atom is 0.181 e. The highest BCUT2D eigenvalue weighted by atomic mass is 32.2. The van der Waals surface area contributed by atoms with Gasteiger partial charge in [0.25, 0.3) is 0 Å². The van der Waals surface area contributed by atoms with Crippen LogP contribution in [0.4, 0.5) is 13.2 Å². The van der Waals surface area contributed by atoms with Crippen LogP contribution in [0.15, 0.2) is 11.0 Å². The summed E-state index contributed by atoms with van der Waals surface area (Å²) in [6.45, 7) is -0.145. The molecule has 0 heterocycles. The van der Waals surface area contributed by atoms with E-state index in [4.69, 9.17) is 5.90 Å². The SMILES string of the molecule is CS(=O)(=O)c1c(F)cc(CCON)c(F)c1F. The zero-order chi connectivity index (χ0) is 13.2. The Kier molecular flexibility index (Phi) is 4.12. The third kappa shape index (κ3) is 2.96. The van der Waals surface area contributed by atoms with Crippen molar-refractivity contribution >= 4 is 9.84 Å². The van der Waals surface area contributed by atoms with Crippen molar-refractivity contribution in [3.63, 3.8) is 0 Å². The Balaban J connectivity index is 3.37. The van der Waals surface area contributed by atoms with Crippen LogP contribution in [0, 0.1) is 17.5 Å². The summed E-state index contributed by atoms with van der Waals surface area (Å²) < 4.78 is 62.3. The van der Waals surface area contributed by atoms with Crippen LogP contribution in [0.3, 0.4) is 0 Å². The minimum Gasteiger partial charge on any atom is -0.304 e. The highest BCUT2D eigenvalue weighted by Crippen LogP contribution is 2.24. The van der Waals surface area contributed by atoms with E-state index in [1.165, 1.54) is 0 Å². The molecule has 0 aliphatic rings. The Morgan fingerprint density at radius 2 is 1.88 bits per heavy atom. The van der Waals surface area contributed by atoms with Crippen molar-refractivity contribution in [2.24, 2.45) is 5.90 Å². The maximum absolute atomic E-state index is 13.4. The molecule has 0 aromatic heterocycles. The average Bonchev–Trinajstić information content (AvgIpc) is 2.19. The van der Waals surface area contributed by atoms with E-state index in [0.717, 1.165) is 0 Å². The summed E-state index contributed by atoms with van der Waals surface area (Å²) in [6.07, 6.45) is 0.427. The topological polar surface area (TPSA) is 69.4 Å². The van der Waals surface area contributed by atoms with Crippen LogP contribution in [0.25, 0.3) is 0 Å². The summed E-state index contributed by atoms with van der Waals surface area (Å²) >= 11 is 0. The van der Waals surface area contributed by atoms with Crippen LogP contribution in [0.2, 0.25) is 0 Å². The molecule has 0 aliphatic carbocycles. The van der Waals surface area contributed by atoms with Gasteiger partial charge >= 0.3 is 0 Å². The molecule has 8 heteroatoms. The number of sulfone groups is 1. The van der Waals surface area contributed by atoms with E-state index >= 15 is 0 Å². The van der Waals surface area contributed by atoms with Crippen LogP contribution in [0.5, 0.6) is 0 Å². The molecule has 0 saturated heterocycles. The average molecular weight is 269 g/mol. The molecule has 1 aromatic carbocycles. The lowest BCUT2D eigenvalue weighted by atomic mass is 10.1. The van der Waals surface area contributed by atoms with Crippen molar-refractivity contribution in [1.82, 2.24) is 0 Å². The van der Waals surface area contributed by atoms with E-state index in [2.05, 4.69) is 4.84 Å². The van der Waals surface area contributed by atoms with Crippen molar-refractivity contribution < 1.29 is 26.4 Å². The highest BCUT2D eigenvalue weighted by Gasteiger charge is 2.25. The molecular formula is C9H10F3NO3S. The van der Waals surface area contributed by atoms with Gasteiger partial charge in [-0.25, -0.2) is 27.5 Å². The molecule has 0 fully saturated rings. The van der Waals surface area contributed by atoms with Crippen LogP contribution >= 0.6 is 0 Å². The Hall–Kier alpha value is -1.12. The summed E-state index contributed by atoms with van der Waals surface area (Å²) in [6, 6.07) is 0.619. The van der Waals surface area contributed by atoms with Gasteiger partial charge in [0.2, 0.25) is 0 Å². The molecule has 17 heavy (non-hydrogen) atoms. The zero-order valence-electron chi connectivity index (χ0n) is 8.84. The van der Waals surface area contributed by atoms with Gasteiger partial charge in [-0.2, -0.15) is 0 Å². The lowest BCUT2D eigenvalue weighted by Gasteiger charge is -2.08. The second-order valence-corrected chi connectivity index (χ2v) is 5.32. The molecule has 0 bridgehead atoms. The molecule has 0 unspecified atom stereocenters. The molecular weight excluding hydrogens is 259 g/mol. The highest BCUT2D eigenvalue weighted by molar-refractivity contribution is 7.90. The summed E-state index contributed by atoms with van der Waals surface area (Å²) in [7, 11) is -4.17. The van der Waals surface area contributed by atoms with E-state index in [1.54, 1.807) is 0 Å². The molecule has 96 valence electrons. The first-order valence-electron chi connectivity index (χ1n) is 4.47. The minimum atomic E-state index is -4.17. The molecule has 4 nitrogen and oxygen atoms in total. The number of halogens is 3. The van der Waals surface area contributed by atoms with Gasteiger partial charge in [-0.05, 0) is 11.6 Å². The summed E-state index contributed by atoms with van der Waals surface area (Å²) in [4.78, 5) is 2.88. The van der Waals surface area contributed by atoms with E-state index in [0.29, 0.717) is 12.3 Å². The molecule has 1 rings (SSSR count). The first kappa shape index (κ1) is 13.9. The summed E-state index contributed by atoms with van der Waals surface area (Å²) in [5, 5.41) is 0. The van der Waals surface area contributed by atoms with Crippen molar-refractivity contribution in [2.75, 3.05) is 12.9 Å². The van der Waals surface area contributed by atoms with Crippen LogP contribution < -0.4 is 5.90 Å². The van der Waals surface area contributed by atoms with E-state index < -0.39 is 32.2 Å². The third-order valence-electron chi connectivity index (χ3n) is 2.05. The Labute approximate surface area is 96.1 Å². The Bertz CT molecular complexity index is 531. The Morgan fingerprint density at radius 1 is 1.29 bits per heavy atom. The number of nitrogens with two attached hydrogens (primary N) is 1. The molecule has 0 saturated carbocycles. The molecule has 2 N–H and O–H groups in total. The van der Waals surface area contributed by atoms with Gasteiger partial charge in [0.15, 0.2) is 21.5 Å². The molecule has 0 amide bonds. The number of rotatable bonds is 4. The largest absolute Gasteiger partial charge is 0.304 e. The van der Waals surface area contributed by atoms with Crippen molar-refractivity contribution in [1.29, 1.82) is 0 Å². The Morgan fingerprint density at radius 3 is 2.35 bits per heavy atom. The fourth-order valence-electron chi connectivity index (χ4n) is 1.32. The minimum absolute atomic E-state index is 0.145. The molecule has 0 spiro atoms. The molecule has 0 aliphatic heterocycles. The van der Waals surface area contributed by atoms with Crippen molar-refractivity contribution in [3.05, 3.63) is 29.1 Å². The second kappa shape index (κ2) is 5.03. The van der Waals surface area contributed by atoms with E-state index in [-0.39, 0.29) is 18.6 Å². The molecule has 0 radical (unpaired) electrons. The number of hydrogen-bond donors (Lipinski definition) is 1. The first-order valence-corrected chi connectivity index (χ1v) is 6.36. The number of benzene rings is 1. The first-order chi connectivity index (χ1) is 7.79. The van der Waals surface area contributed by atoms with Crippen LogP contribution in [-0.4, -0.2) is 21.3 Å². The molecule has 1 aromatic rings. The van der Waals surface area contributed by atoms with Crippen LogP contribution in [-0.2, 0) is 21.1 Å². The molecule has 0 atom stereocenters. The monoisotopic (exact) mass is 269 g/mol. The third-order valence-corrected chi connectivity index (χ3v) is 3.17. The van der Waals surface area contributed by atoms with Gasteiger partial charge in [-0.1, -0.05) is 0 Å². The quantitative estimate of drug-likeness (QED) is 0.652. The van der Waals surface area contributed by atoms with E-state index in [1.807, 2.05) is 0 Å². The van der Waals surface area contributed by atoms with Gasteiger partial charge in [0.1, 0.15) is 10.7 Å². The summed E-state index contributed by atoms with van der Waals surface area (Å²) in [5.74, 6) is 0.225. The lowest BCUT2D eigenvalue weighted by Crippen LogP contribution is -2.11. The van der Waals surface area contributed by atoms with Crippen LogP contribution in [0.1, 0.15) is 5.56 Å². The maximum atomic E-state index is 13.4. The lowest BCUT2D eigenvalue weighted by molar-refractivity contribution is 0.140. The summed E-state index contributed by atoms with van der Waals surface area (Å²) in [5.41, 5.74) is -0.335. The van der Waals surface area contributed by atoms with Gasteiger partial charge in [0, 0.05) is 12.7 Å². The van der Waals surface area contributed by atoms with Gasteiger partial charge in [-0.15, -0.1) is 0 Å². The van der Waals surface area contributed by atoms with Crippen molar-refractivity contribution in [3.8, 4) is 0 Å². The fraction of sp³-hybridized carbons (Fsp3) is 0.333. The van der Waals surface area contributed by atoms with Gasteiger partial charge in [-0.3, -0.25) is 0 Å². The zero-order valence-corrected chi connectivity index (χ0v) is 9.65. The number of hydrogen-bond acceptors (Lipinski definition) is 4. The normalized spacial score (nSPS) is 11.8. The second-order valence-electron chi connectivity index (χ2n) is 3.37. The predicted octanol–water partition coefficient (Wildman–Crippen LogP) is 0.940. The van der Waals surface area contributed by atoms with Gasteiger partial charge in [0.05, 0.1) is 6.61 Å².